The Labute approximate surface area is 238 Å². The van der Waals surface area contributed by atoms with Crippen molar-refractivity contribution in [1.82, 2.24) is 9.88 Å². The first-order chi connectivity index (χ1) is 18.4. The molecule has 1 aliphatic heterocycles. The molecule has 5 atom stereocenters. The van der Waals surface area contributed by atoms with Gasteiger partial charge in [-0.05, 0) is 39.1 Å². The summed E-state index contributed by atoms with van der Waals surface area (Å²) in [5.74, 6) is -2.87. The maximum absolute atomic E-state index is 13.9. The molecule has 1 aromatic rings. The highest BCUT2D eigenvalue weighted by Crippen LogP contribution is 2.33. The number of hydrogen-bond donors (Lipinski definition) is 2. The van der Waals surface area contributed by atoms with Crippen molar-refractivity contribution < 1.29 is 37.7 Å². The quantitative estimate of drug-likeness (QED) is 0.363. The highest BCUT2D eigenvalue weighted by Gasteiger charge is 2.42. The van der Waals surface area contributed by atoms with Gasteiger partial charge in [0.1, 0.15) is 16.9 Å². The molecule has 0 saturated carbocycles. The zero-order valence-electron chi connectivity index (χ0n) is 24.2. The minimum Gasteiger partial charge on any atom is -0.457 e. The summed E-state index contributed by atoms with van der Waals surface area (Å²) in [7, 11) is 3.82. The van der Waals surface area contributed by atoms with Gasteiger partial charge in [-0.15, -0.1) is 11.3 Å². The molecular weight excluding hydrogens is 545 g/mol. The van der Waals surface area contributed by atoms with E-state index in [0.717, 1.165) is 11.1 Å². The molecule has 0 aromatic carbocycles. The van der Waals surface area contributed by atoms with E-state index in [0.29, 0.717) is 17.8 Å². The van der Waals surface area contributed by atoms with Crippen molar-refractivity contribution in [3.63, 3.8) is 0 Å². The fourth-order valence-corrected chi connectivity index (χ4v) is 5.32. The molecule has 7 nitrogen and oxygen atoms in total. The van der Waals surface area contributed by atoms with Gasteiger partial charge < -0.3 is 19.8 Å². The van der Waals surface area contributed by atoms with Crippen LogP contribution in [0.4, 0.5) is 13.2 Å². The molecule has 0 unspecified atom stereocenters. The van der Waals surface area contributed by atoms with Crippen LogP contribution in [0.2, 0.25) is 0 Å². The van der Waals surface area contributed by atoms with Gasteiger partial charge in [0.2, 0.25) is 0 Å². The highest BCUT2D eigenvalue weighted by molar-refractivity contribution is 7.09. The lowest BCUT2D eigenvalue weighted by atomic mass is 9.73. The van der Waals surface area contributed by atoms with Crippen LogP contribution in [0.1, 0.15) is 64.6 Å². The van der Waals surface area contributed by atoms with Gasteiger partial charge in [-0.2, -0.15) is 13.2 Å². The van der Waals surface area contributed by atoms with E-state index in [9.17, 15) is 33.0 Å². The lowest BCUT2D eigenvalue weighted by Gasteiger charge is -2.34. The third-order valence-electron chi connectivity index (χ3n) is 7.19. The minimum atomic E-state index is -4.62. The molecule has 0 saturated heterocycles. The monoisotopic (exact) mass is 586 g/mol. The van der Waals surface area contributed by atoms with Crippen LogP contribution in [-0.4, -0.2) is 70.4 Å². The van der Waals surface area contributed by atoms with Gasteiger partial charge in [0.05, 0.1) is 29.7 Å². The number of carbonyl (C=O) groups is 2. The van der Waals surface area contributed by atoms with Crippen molar-refractivity contribution in [2.24, 2.45) is 17.3 Å². The SMILES string of the molecule is C/C(=C\c1csc(CN(C)C)n1)[C@@H]1C/C=C(/C(F)(F)F)C/C=C/[C@H](C)[C@H](O)[C@@H](C)C(=O)C(C)(C)[C@@H](O)CC(=O)O1. The summed E-state index contributed by atoms with van der Waals surface area (Å²) in [5, 5.41) is 24.2. The molecule has 1 aliphatic rings. The highest BCUT2D eigenvalue weighted by atomic mass is 32.1. The molecule has 11 heteroatoms. The first-order valence-electron chi connectivity index (χ1n) is 13.2. The van der Waals surface area contributed by atoms with Crippen LogP contribution in [0.15, 0.2) is 34.8 Å². The van der Waals surface area contributed by atoms with Crippen LogP contribution in [0.5, 0.6) is 0 Å². The van der Waals surface area contributed by atoms with Crippen LogP contribution in [0.3, 0.4) is 0 Å². The number of aromatic nitrogens is 1. The number of nitrogens with zero attached hydrogens (tertiary/aromatic N) is 2. The lowest BCUT2D eigenvalue weighted by molar-refractivity contribution is -0.154. The van der Waals surface area contributed by atoms with E-state index in [1.54, 1.807) is 19.9 Å². The summed E-state index contributed by atoms with van der Waals surface area (Å²) in [5.41, 5.74) is -1.12. The number of rotatable bonds is 4. The Hall–Kier alpha value is -2.34. The van der Waals surface area contributed by atoms with E-state index >= 15 is 0 Å². The van der Waals surface area contributed by atoms with Crippen LogP contribution >= 0.6 is 11.3 Å². The summed E-state index contributed by atoms with van der Waals surface area (Å²) in [6.07, 6.45) is -4.07. The average Bonchev–Trinajstić information content (AvgIpc) is 3.27. The Kier molecular flexibility index (Phi) is 11.9. The van der Waals surface area contributed by atoms with Crippen molar-refractivity contribution in [3.05, 3.63) is 45.5 Å². The molecule has 2 N–H and O–H groups in total. The third kappa shape index (κ3) is 9.36. The number of thiazole rings is 1. The van der Waals surface area contributed by atoms with Crippen molar-refractivity contribution in [2.75, 3.05) is 14.1 Å². The second-order valence-electron chi connectivity index (χ2n) is 11.3. The van der Waals surface area contributed by atoms with Crippen molar-refractivity contribution >= 4 is 29.2 Å². The van der Waals surface area contributed by atoms with Crippen molar-refractivity contribution in [1.29, 1.82) is 0 Å². The van der Waals surface area contributed by atoms with E-state index in [1.165, 1.54) is 44.3 Å². The summed E-state index contributed by atoms with van der Waals surface area (Å²) in [6.45, 7) is 8.38. The Bertz CT molecular complexity index is 1120. The third-order valence-corrected chi connectivity index (χ3v) is 8.04. The Balaban J connectivity index is 2.49. The molecule has 0 aliphatic carbocycles. The predicted octanol–water partition coefficient (Wildman–Crippen LogP) is 5.34. The summed E-state index contributed by atoms with van der Waals surface area (Å²) < 4.78 is 47.1. The number of Topliss-reactive ketones (excluding diaryl/α,β-unsaturated/α-hetero) is 1. The molecule has 224 valence electrons. The van der Waals surface area contributed by atoms with Gasteiger partial charge in [-0.1, -0.05) is 45.9 Å². The van der Waals surface area contributed by atoms with Gasteiger partial charge in [0.25, 0.3) is 0 Å². The molecule has 2 rings (SSSR count). The summed E-state index contributed by atoms with van der Waals surface area (Å²) in [4.78, 5) is 32.6. The van der Waals surface area contributed by atoms with E-state index in [-0.39, 0.29) is 6.42 Å². The van der Waals surface area contributed by atoms with Gasteiger partial charge in [0.15, 0.2) is 0 Å². The Morgan fingerprint density at radius 2 is 1.90 bits per heavy atom. The number of cyclic esters (lactones) is 1. The Morgan fingerprint density at radius 3 is 2.50 bits per heavy atom. The number of hydrogen-bond acceptors (Lipinski definition) is 8. The number of aliphatic hydroxyl groups is 2. The van der Waals surface area contributed by atoms with E-state index in [4.69, 9.17) is 4.74 Å². The number of ether oxygens (including phenoxy) is 1. The number of aliphatic hydroxyl groups excluding tert-OH is 2. The van der Waals surface area contributed by atoms with Crippen LogP contribution in [-0.2, 0) is 20.9 Å². The summed E-state index contributed by atoms with van der Waals surface area (Å²) in [6, 6.07) is 0. The lowest BCUT2D eigenvalue weighted by Crippen LogP contribution is -2.45. The smallest absolute Gasteiger partial charge is 0.412 e. The number of carbonyl (C=O) groups excluding carboxylic acids is 2. The molecular formula is C29H41F3N2O5S. The maximum atomic E-state index is 13.9. The van der Waals surface area contributed by atoms with Gasteiger partial charge in [-0.25, -0.2) is 4.98 Å². The summed E-state index contributed by atoms with van der Waals surface area (Å²) >= 11 is 1.44. The van der Waals surface area contributed by atoms with Crippen LogP contribution < -0.4 is 0 Å². The topological polar surface area (TPSA) is 100.0 Å². The maximum Gasteiger partial charge on any atom is 0.412 e. The van der Waals surface area contributed by atoms with Gasteiger partial charge >= 0.3 is 12.1 Å². The fraction of sp³-hybridized carbons (Fsp3) is 0.621. The van der Waals surface area contributed by atoms with Gasteiger partial charge in [0, 0.05) is 35.8 Å². The van der Waals surface area contributed by atoms with Gasteiger partial charge in [-0.3, -0.25) is 9.59 Å². The number of alkyl halides is 3. The average molecular weight is 587 g/mol. The number of halogens is 3. The first-order valence-corrected chi connectivity index (χ1v) is 14.1. The fourth-order valence-electron chi connectivity index (χ4n) is 4.46. The second-order valence-corrected chi connectivity index (χ2v) is 12.3. The standard InChI is InChI=1S/C29H41F3N2O5S/c1-17-9-8-10-20(29(30,31)32)11-12-22(18(2)13-21-16-40-24(33-21)15-34(6)7)39-25(36)14-23(35)28(4,5)27(38)19(3)26(17)37/h8-9,11,13,16-17,19,22-23,26,35,37H,10,12,14-15H2,1-7H3/b9-8+,18-13+,20-11+/t17-,19+,22-,23-,26-/m0/s1. The molecule has 0 bridgehead atoms. The predicted molar refractivity (Wildman–Crippen MR) is 149 cm³/mol. The van der Waals surface area contributed by atoms with E-state index in [2.05, 4.69) is 4.98 Å². The van der Waals surface area contributed by atoms with Crippen LogP contribution in [0.25, 0.3) is 6.08 Å². The molecule has 0 fully saturated rings. The zero-order chi connectivity index (χ0) is 30.4. The van der Waals surface area contributed by atoms with Crippen LogP contribution in [0, 0.1) is 17.3 Å². The largest absolute Gasteiger partial charge is 0.457 e. The zero-order valence-corrected chi connectivity index (χ0v) is 25.0. The minimum absolute atomic E-state index is 0.251. The first kappa shape index (κ1) is 33.9. The molecule has 1 aromatic heterocycles. The number of esters is 1. The Morgan fingerprint density at radius 1 is 1.25 bits per heavy atom. The molecule has 0 radical (unpaired) electrons. The molecule has 0 spiro atoms. The van der Waals surface area contributed by atoms with Crippen molar-refractivity contribution in [3.8, 4) is 0 Å². The second kappa shape index (κ2) is 14.0. The molecule has 40 heavy (non-hydrogen) atoms. The molecule has 2 heterocycles. The van der Waals surface area contributed by atoms with E-state index in [1.807, 2.05) is 24.4 Å². The number of allylic oxidation sites excluding steroid dienone is 2. The van der Waals surface area contributed by atoms with E-state index < -0.39 is 71.9 Å². The number of ketones is 1. The van der Waals surface area contributed by atoms with Crippen molar-refractivity contribution in [2.45, 2.75) is 84.9 Å². The molecule has 0 amide bonds. The normalized spacial score (nSPS) is 30.1.